The third-order valence-corrected chi connectivity index (χ3v) is 3.67. The molecule has 0 amide bonds. The van der Waals surface area contributed by atoms with Gasteiger partial charge in [0.05, 0.1) is 17.1 Å². The molecule has 0 bridgehead atoms. The van der Waals surface area contributed by atoms with Gasteiger partial charge in [-0.3, -0.25) is 9.97 Å². The van der Waals surface area contributed by atoms with Gasteiger partial charge in [0.15, 0.2) is 0 Å². The highest BCUT2D eigenvalue weighted by molar-refractivity contribution is 5.74. The molecule has 0 atom stereocenters. The Kier molecular flexibility index (Phi) is 3.53. The predicted octanol–water partition coefficient (Wildman–Crippen LogP) is 4.74. The van der Waals surface area contributed by atoms with E-state index in [1.165, 1.54) is 16.7 Å². The molecule has 0 radical (unpaired) electrons. The summed E-state index contributed by atoms with van der Waals surface area (Å²) in [6, 6.07) is 16.9. The van der Waals surface area contributed by atoms with E-state index in [1.54, 1.807) is 0 Å². The topological polar surface area (TPSA) is 25.8 Å². The van der Waals surface area contributed by atoms with E-state index in [1.807, 2.05) is 26.1 Å². The second-order valence-electron chi connectivity index (χ2n) is 5.34. The average molecular weight is 274 g/mol. The van der Waals surface area contributed by atoms with E-state index in [9.17, 15) is 0 Å². The van der Waals surface area contributed by atoms with Crippen molar-refractivity contribution < 1.29 is 0 Å². The molecule has 0 aliphatic rings. The van der Waals surface area contributed by atoms with Crippen LogP contribution in [0.5, 0.6) is 0 Å². The van der Waals surface area contributed by atoms with Gasteiger partial charge in [0.2, 0.25) is 0 Å². The predicted molar refractivity (Wildman–Crippen MR) is 87.1 cm³/mol. The summed E-state index contributed by atoms with van der Waals surface area (Å²) in [5.74, 6) is 0. The smallest absolute Gasteiger partial charge is 0.0917 e. The second-order valence-corrected chi connectivity index (χ2v) is 5.34. The summed E-state index contributed by atoms with van der Waals surface area (Å²) in [7, 11) is 0. The molecule has 3 rings (SSSR count). The summed E-state index contributed by atoms with van der Waals surface area (Å²) >= 11 is 0. The first-order valence-electron chi connectivity index (χ1n) is 7.12. The van der Waals surface area contributed by atoms with Crippen molar-refractivity contribution in [2.24, 2.45) is 0 Å². The van der Waals surface area contributed by atoms with Crippen molar-refractivity contribution in [3.05, 3.63) is 71.7 Å². The molecule has 104 valence electrons. The van der Waals surface area contributed by atoms with Gasteiger partial charge < -0.3 is 0 Å². The van der Waals surface area contributed by atoms with Gasteiger partial charge in [-0.05, 0) is 43.5 Å². The monoisotopic (exact) mass is 274 g/mol. The Balaban J connectivity index is 2.15. The lowest BCUT2D eigenvalue weighted by Gasteiger charge is -2.11. The molecule has 0 fully saturated rings. The molecule has 1 aromatic heterocycles. The van der Waals surface area contributed by atoms with E-state index in [2.05, 4.69) is 59.4 Å². The van der Waals surface area contributed by atoms with Crippen molar-refractivity contribution in [3.8, 4) is 22.4 Å². The molecule has 2 heteroatoms. The lowest BCUT2D eigenvalue weighted by atomic mass is 9.97. The van der Waals surface area contributed by atoms with Gasteiger partial charge in [0.25, 0.3) is 0 Å². The summed E-state index contributed by atoms with van der Waals surface area (Å²) in [5, 5.41) is 0. The van der Waals surface area contributed by atoms with Crippen molar-refractivity contribution in [1.29, 1.82) is 0 Å². The first-order chi connectivity index (χ1) is 10.1. The average Bonchev–Trinajstić information content (AvgIpc) is 2.49. The largest absolute Gasteiger partial charge is 0.255 e. The van der Waals surface area contributed by atoms with Crippen LogP contribution in [-0.4, -0.2) is 9.97 Å². The van der Waals surface area contributed by atoms with Crippen LogP contribution in [0.4, 0.5) is 0 Å². The molecular weight excluding hydrogens is 256 g/mol. The molecule has 0 aliphatic heterocycles. The second kappa shape index (κ2) is 5.49. The molecule has 3 aromatic rings. The highest BCUT2D eigenvalue weighted by atomic mass is 14.8. The Morgan fingerprint density at radius 2 is 1.57 bits per heavy atom. The zero-order chi connectivity index (χ0) is 14.8. The maximum absolute atomic E-state index is 4.58. The first kappa shape index (κ1) is 13.5. The van der Waals surface area contributed by atoms with Crippen molar-refractivity contribution in [2.75, 3.05) is 0 Å². The van der Waals surface area contributed by atoms with E-state index >= 15 is 0 Å². The Hall–Kier alpha value is -2.48. The fourth-order valence-corrected chi connectivity index (χ4v) is 2.55. The maximum Gasteiger partial charge on any atom is 0.0917 e. The zero-order valence-corrected chi connectivity index (χ0v) is 12.6. The number of benzene rings is 2. The molecule has 1 heterocycles. The minimum atomic E-state index is 0.952. The van der Waals surface area contributed by atoms with Crippen molar-refractivity contribution in [1.82, 2.24) is 9.97 Å². The van der Waals surface area contributed by atoms with Gasteiger partial charge in [-0.25, -0.2) is 0 Å². The standard InChI is InChI=1S/C19H18N2/c1-13-9-10-17(16-7-5-4-6-8-16)11-18(13)19-15(3)21-14(2)12-20-19/h4-12H,1-3H3. The van der Waals surface area contributed by atoms with E-state index in [0.29, 0.717) is 0 Å². The summed E-state index contributed by atoms with van der Waals surface area (Å²) in [6.07, 6.45) is 1.83. The molecular formula is C19H18N2. The van der Waals surface area contributed by atoms with Crippen molar-refractivity contribution in [2.45, 2.75) is 20.8 Å². The highest BCUT2D eigenvalue weighted by Crippen LogP contribution is 2.29. The van der Waals surface area contributed by atoms with Crippen LogP contribution < -0.4 is 0 Å². The normalized spacial score (nSPS) is 10.6. The molecule has 21 heavy (non-hydrogen) atoms. The number of aryl methyl sites for hydroxylation is 3. The van der Waals surface area contributed by atoms with Gasteiger partial charge in [-0.2, -0.15) is 0 Å². The summed E-state index contributed by atoms with van der Waals surface area (Å²) in [5.41, 5.74) is 7.69. The van der Waals surface area contributed by atoms with E-state index < -0.39 is 0 Å². The van der Waals surface area contributed by atoms with Gasteiger partial charge in [-0.1, -0.05) is 42.5 Å². The Morgan fingerprint density at radius 3 is 2.29 bits per heavy atom. The van der Waals surface area contributed by atoms with Gasteiger partial charge in [0, 0.05) is 11.8 Å². The van der Waals surface area contributed by atoms with E-state index in [4.69, 9.17) is 0 Å². The van der Waals surface area contributed by atoms with E-state index in [0.717, 1.165) is 22.6 Å². The molecule has 0 saturated carbocycles. The SMILES string of the molecule is Cc1cnc(-c2cc(-c3ccccc3)ccc2C)c(C)n1. The van der Waals surface area contributed by atoms with Gasteiger partial charge in [-0.15, -0.1) is 0 Å². The minimum Gasteiger partial charge on any atom is -0.255 e. The fraction of sp³-hybridized carbons (Fsp3) is 0.158. The van der Waals surface area contributed by atoms with Crippen LogP contribution in [0.2, 0.25) is 0 Å². The first-order valence-corrected chi connectivity index (χ1v) is 7.12. The molecule has 2 aromatic carbocycles. The third kappa shape index (κ3) is 2.70. The van der Waals surface area contributed by atoms with E-state index in [-0.39, 0.29) is 0 Å². The zero-order valence-electron chi connectivity index (χ0n) is 12.6. The van der Waals surface area contributed by atoms with Gasteiger partial charge in [0.1, 0.15) is 0 Å². The quantitative estimate of drug-likeness (QED) is 0.674. The number of nitrogens with zero attached hydrogens (tertiary/aromatic N) is 2. The van der Waals surface area contributed by atoms with Crippen LogP contribution in [0.1, 0.15) is 17.0 Å². The lowest BCUT2D eigenvalue weighted by Crippen LogP contribution is -1.96. The number of hydrogen-bond acceptors (Lipinski definition) is 2. The molecule has 0 N–H and O–H groups in total. The van der Waals surface area contributed by atoms with Crippen LogP contribution in [0, 0.1) is 20.8 Å². The van der Waals surface area contributed by atoms with Crippen molar-refractivity contribution >= 4 is 0 Å². The highest BCUT2D eigenvalue weighted by Gasteiger charge is 2.09. The Labute approximate surface area is 125 Å². The molecule has 2 nitrogen and oxygen atoms in total. The molecule has 0 saturated heterocycles. The molecule has 0 spiro atoms. The lowest BCUT2D eigenvalue weighted by molar-refractivity contribution is 1.06. The number of hydrogen-bond donors (Lipinski definition) is 0. The number of rotatable bonds is 2. The molecule has 0 unspecified atom stereocenters. The Morgan fingerprint density at radius 1 is 0.810 bits per heavy atom. The Bertz CT molecular complexity index is 777. The van der Waals surface area contributed by atoms with Crippen LogP contribution in [0.15, 0.2) is 54.7 Å². The van der Waals surface area contributed by atoms with Crippen LogP contribution in [0.25, 0.3) is 22.4 Å². The summed E-state index contributed by atoms with van der Waals surface area (Å²) < 4.78 is 0. The summed E-state index contributed by atoms with van der Waals surface area (Å²) in [6.45, 7) is 6.10. The minimum absolute atomic E-state index is 0.952. The van der Waals surface area contributed by atoms with Crippen LogP contribution >= 0.6 is 0 Å². The summed E-state index contributed by atoms with van der Waals surface area (Å²) in [4.78, 5) is 9.11. The fourth-order valence-electron chi connectivity index (χ4n) is 2.55. The van der Waals surface area contributed by atoms with Crippen LogP contribution in [-0.2, 0) is 0 Å². The third-order valence-electron chi connectivity index (χ3n) is 3.67. The van der Waals surface area contributed by atoms with Crippen LogP contribution in [0.3, 0.4) is 0 Å². The number of aromatic nitrogens is 2. The van der Waals surface area contributed by atoms with Crippen molar-refractivity contribution in [3.63, 3.8) is 0 Å². The van der Waals surface area contributed by atoms with Gasteiger partial charge >= 0.3 is 0 Å². The maximum atomic E-state index is 4.58. The molecule has 0 aliphatic carbocycles.